The molecule has 0 radical (unpaired) electrons. The highest BCUT2D eigenvalue weighted by molar-refractivity contribution is 5.93. The Morgan fingerprint density at radius 1 is 1.29 bits per heavy atom. The van der Waals surface area contributed by atoms with E-state index in [0.717, 1.165) is 18.4 Å². The van der Waals surface area contributed by atoms with E-state index in [1.54, 1.807) is 12.1 Å². The van der Waals surface area contributed by atoms with Gasteiger partial charge in [-0.2, -0.15) is 0 Å². The predicted molar refractivity (Wildman–Crippen MR) is 81.2 cm³/mol. The molecule has 1 aromatic rings. The summed E-state index contributed by atoms with van der Waals surface area (Å²) < 4.78 is 0. The maximum Gasteiger partial charge on any atom is 0.248 e. The number of piperidine rings is 1. The standard InChI is InChI=1S/C15H22N4O2/c1-9-2-3-12(15(18)21)8-19(9)7-11-5-4-10(14(17)20)6-13(11)16/h4-6,9,12H,2-3,7-8,16H2,1H3,(H2,17,20)(H2,18,21). The summed E-state index contributed by atoms with van der Waals surface area (Å²) in [5.74, 6) is -0.843. The summed E-state index contributed by atoms with van der Waals surface area (Å²) in [6.07, 6.45) is 1.77. The molecule has 2 rings (SSSR count). The Hall–Kier alpha value is -2.08. The van der Waals surface area contributed by atoms with E-state index in [9.17, 15) is 9.59 Å². The van der Waals surface area contributed by atoms with Gasteiger partial charge in [-0.25, -0.2) is 0 Å². The predicted octanol–water partition coefficient (Wildman–Crippen LogP) is 0.454. The van der Waals surface area contributed by atoms with Gasteiger partial charge in [-0.1, -0.05) is 6.07 Å². The van der Waals surface area contributed by atoms with Gasteiger partial charge in [-0.15, -0.1) is 0 Å². The number of primary amides is 2. The largest absolute Gasteiger partial charge is 0.398 e. The number of hydrogen-bond acceptors (Lipinski definition) is 4. The maximum atomic E-state index is 11.4. The van der Waals surface area contributed by atoms with E-state index in [1.165, 1.54) is 0 Å². The number of nitrogen functional groups attached to an aromatic ring is 1. The quantitative estimate of drug-likeness (QED) is 0.698. The van der Waals surface area contributed by atoms with Crippen molar-refractivity contribution < 1.29 is 9.59 Å². The summed E-state index contributed by atoms with van der Waals surface area (Å²) >= 11 is 0. The normalized spacial score (nSPS) is 22.9. The van der Waals surface area contributed by atoms with E-state index in [0.29, 0.717) is 30.4 Å². The fraction of sp³-hybridized carbons (Fsp3) is 0.467. The minimum atomic E-state index is -0.492. The van der Waals surface area contributed by atoms with Gasteiger partial charge in [0.2, 0.25) is 11.8 Å². The number of anilines is 1. The van der Waals surface area contributed by atoms with Crippen LogP contribution < -0.4 is 17.2 Å². The van der Waals surface area contributed by atoms with Crippen molar-refractivity contribution in [2.75, 3.05) is 12.3 Å². The van der Waals surface area contributed by atoms with Crippen LogP contribution in [0.25, 0.3) is 0 Å². The van der Waals surface area contributed by atoms with Crippen molar-refractivity contribution >= 4 is 17.5 Å². The van der Waals surface area contributed by atoms with Gasteiger partial charge in [0.25, 0.3) is 0 Å². The number of carbonyl (C=O) groups excluding carboxylic acids is 2. The van der Waals surface area contributed by atoms with Crippen LogP contribution in [0.2, 0.25) is 0 Å². The fourth-order valence-corrected chi connectivity index (χ4v) is 2.74. The molecule has 0 aliphatic carbocycles. The number of rotatable bonds is 4. The molecule has 1 heterocycles. The Morgan fingerprint density at radius 3 is 2.57 bits per heavy atom. The van der Waals surface area contributed by atoms with Crippen LogP contribution in [0, 0.1) is 5.92 Å². The maximum absolute atomic E-state index is 11.4. The van der Waals surface area contributed by atoms with E-state index in [2.05, 4.69) is 11.8 Å². The van der Waals surface area contributed by atoms with Gasteiger partial charge in [0.05, 0.1) is 5.92 Å². The average molecular weight is 290 g/mol. The van der Waals surface area contributed by atoms with Crippen LogP contribution in [-0.4, -0.2) is 29.3 Å². The first-order chi connectivity index (χ1) is 9.88. The van der Waals surface area contributed by atoms with E-state index in [1.807, 2.05) is 6.07 Å². The topological polar surface area (TPSA) is 115 Å². The van der Waals surface area contributed by atoms with Crippen LogP contribution in [0.3, 0.4) is 0 Å². The zero-order valence-corrected chi connectivity index (χ0v) is 12.2. The Bertz CT molecular complexity index is 559. The molecule has 114 valence electrons. The van der Waals surface area contributed by atoms with E-state index >= 15 is 0 Å². The smallest absolute Gasteiger partial charge is 0.248 e. The van der Waals surface area contributed by atoms with E-state index < -0.39 is 5.91 Å². The van der Waals surface area contributed by atoms with Gasteiger partial charge in [0.15, 0.2) is 0 Å². The molecule has 1 aliphatic rings. The summed E-state index contributed by atoms with van der Waals surface area (Å²) in [7, 11) is 0. The first-order valence-corrected chi connectivity index (χ1v) is 7.10. The lowest BCUT2D eigenvalue weighted by molar-refractivity contribution is -0.124. The van der Waals surface area contributed by atoms with Crippen molar-refractivity contribution in [2.45, 2.75) is 32.4 Å². The number of hydrogen-bond donors (Lipinski definition) is 3. The zero-order chi connectivity index (χ0) is 15.6. The second-order valence-electron chi connectivity index (χ2n) is 5.73. The van der Waals surface area contributed by atoms with Crippen molar-refractivity contribution in [3.8, 4) is 0 Å². The molecule has 6 N–H and O–H groups in total. The summed E-state index contributed by atoms with van der Waals surface area (Å²) in [6, 6.07) is 5.46. The molecule has 2 amide bonds. The molecule has 2 unspecified atom stereocenters. The van der Waals surface area contributed by atoms with Gasteiger partial charge in [0, 0.05) is 30.4 Å². The molecule has 6 heteroatoms. The SMILES string of the molecule is CC1CCC(C(N)=O)CN1Cc1ccc(C(N)=O)cc1N. The molecule has 21 heavy (non-hydrogen) atoms. The van der Waals surface area contributed by atoms with E-state index in [4.69, 9.17) is 17.2 Å². The molecule has 0 bridgehead atoms. The molecule has 1 fully saturated rings. The Morgan fingerprint density at radius 2 is 2.00 bits per heavy atom. The lowest BCUT2D eigenvalue weighted by Crippen LogP contribution is -2.45. The molecular formula is C15H22N4O2. The number of amides is 2. The molecule has 0 saturated carbocycles. The van der Waals surface area contributed by atoms with Crippen molar-refractivity contribution in [3.63, 3.8) is 0 Å². The molecule has 0 spiro atoms. The summed E-state index contributed by atoms with van der Waals surface area (Å²) in [5.41, 5.74) is 18.5. The summed E-state index contributed by atoms with van der Waals surface area (Å²) in [5, 5.41) is 0. The summed E-state index contributed by atoms with van der Waals surface area (Å²) in [6.45, 7) is 3.41. The van der Waals surface area contributed by atoms with Gasteiger partial charge in [0.1, 0.15) is 0 Å². The highest BCUT2D eigenvalue weighted by Gasteiger charge is 2.28. The van der Waals surface area contributed by atoms with Crippen molar-refractivity contribution in [3.05, 3.63) is 29.3 Å². The molecule has 1 aliphatic heterocycles. The Labute approximate surface area is 124 Å². The zero-order valence-electron chi connectivity index (χ0n) is 12.2. The highest BCUT2D eigenvalue weighted by Crippen LogP contribution is 2.25. The Kier molecular flexibility index (Phi) is 4.47. The van der Waals surface area contributed by atoms with Crippen molar-refractivity contribution in [2.24, 2.45) is 17.4 Å². The van der Waals surface area contributed by atoms with Gasteiger partial charge in [-0.05, 0) is 37.5 Å². The van der Waals surface area contributed by atoms with Crippen LogP contribution in [0.1, 0.15) is 35.7 Å². The van der Waals surface area contributed by atoms with Crippen LogP contribution in [-0.2, 0) is 11.3 Å². The third-order valence-electron chi connectivity index (χ3n) is 4.22. The fourth-order valence-electron chi connectivity index (χ4n) is 2.74. The minimum Gasteiger partial charge on any atom is -0.398 e. The van der Waals surface area contributed by atoms with Crippen LogP contribution >= 0.6 is 0 Å². The van der Waals surface area contributed by atoms with Crippen LogP contribution in [0.15, 0.2) is 18.2 Å². The van der Waals surface area contributed by atoms with Crippen molar-refractivity contribution in [1.82, 2.24) is 4.90 Å². The molecule has 0 aromatic heterocycles. The first kappa shape index (κ1) is 15.3. The number of benzene rings is 1. The molecule has 1 saturated heterocycles. The van der Waals surface area contributed by atoms with Gasteiger partial charge < -0.3 is 17.2 Å². The molecular weight excluding hydrogens is 268 g/mol. The minimum absolute atomic E-state index is 0.104. The molecule has 6 nitrogen and oxygen atoms in total. The molecule has 2 atom stereocenters. The van der Waals surface area contributed by atoms with Crippen LogP contribution in [0.4, 0.5) is 5.69 Å². The lowest BCUT2D eigenvalue weighted by atomic mass is 9.92. The summed E-state index contributed by atoms with van der Waals surface area (Å²) in [4.78, 5) is 24.7. The number of nitrogens with two attached hydrogens (primary N) is 3. The van der Waals surface area contributed by atoms with Crippen molar-refractivity contribution in [1.29, 1.82) is 0 Å². The highest BCUT2D eigenvalue weighted by atomic mass is 16.1. The van der Waals surface area contributed by atoms with Gasteiger partial charge >= 0.3 is 0 Å². The number of likely N-dealkylation sites (tertiary alicyclic amines) is 1. The number of nitrogens with zero attached hydrogens (tertiary/aromatic N) is 1. The number of carbonyl (C=O) groups is 2. The van der Waals surface area contributed by atoms with Crippen LogP contribution in [0.5, 0.6) is 0 Å². The third kappa shape index (κ3) is 3.52. The second kappa shape index (κ2) is 6.13. The lowest BCUT2D eigenvalue weighted by Gasteiger charge is -2.37. The average Bonchev–Trinajstić information content (AvgIpc) is 2.42. The third-order valence-corrected chi connectivity index (χ3v) is 4.22. The first-order valence-electron chi connectivity index (χ1n) is 7.10. The Balaban J connectivity index is 2.12. The van der Waals surface area contributed by atoms with E-state index in [-0.39, 0.29) is 11.8 Å². The second-order valence-corrected chi connectivity index (χ2v) is 5.73. The van der Waals surface area contributed by atoms with Gasteiger partial charge in [-0.3, -0.25) is 14.5 Å². The monoisotopic (exact) mass is 290 g/mol. The molecule has 1 aromatic carbocycles.